The van der Waals surface area contributed by atoms with Gasteiger partial charge in [-0.3, -0.25) is 9.59 Å². The Balaban J connectivity index is 1.43. The SMILES string of the molecule is Cc1ccc(NC(=O)C2CCC(C(=O)NCc3ccc(Cl)cc3)CC2)cc1. The summed E-state index contributed by atoms with van der Waals surface area (Å²) < 4.78 is 0. The lowest BCUT2D eigenvalue weighted by molar-refractivity contribution is -0.128. The quantitative estimate of drug-likeness (QED) is 0.784. The normalized spacial score (nSPS) is 19.3. The van der Waals surface area contributed by atoms with E-state index in [1.807, 2.05) is 55.5 Å². The van der Waals surface area contributed by atoms with Crippen LogP contribution in [0.1, 0.15) is 36.8 Å². The monoisotopic (exact) mass is 384 g/mol. The Morgan fingerprint density at radius 1 is 0.889 bits per heavy atom. The minimum absolute atomic E-state index is 0.0132. The molecule has 142 valence electrons. The first-order chi connectivity index (χ1) is 13.0. The summed E-state index contributed by atoms with van der Waals surface area (Å²) in [7, 11) is 0. The molecule has 5 heteroatoms. The second-order valence-corrected chi connectivity index (χ2v) is 7.68. The molecule has 0 spiro atoms. The fourth-order valence-corrected chi connectivity index (χ4v) is 3.56. The van der Waals surface area contributed by atoms with Crippen molar-refractivity contribution in [3.63, 3.8) is 0 Å². The van der Waals surface area contributed by atoms with E-state index in [1.165, 1.54) is 0 Å². The van der Waals surface area contributed by atoms with Gasteiger partial charge in [-0.15, -0.1) is 0 Å². The van der Waals surface area contributed by atoms with Gasteiger partial charge in [0.2, 0.25) is 11.8 Å². The minimum atomic E-state index is -0.0216. The predicted octanol–water partition coefficient (Wildman–Crippen LogP) is 4.71. The van der Waals surface area contributed by atoms with Crippen molar-refractivity contribution in [2.45, 2.75) is 39.2 Å². The molecule has 1 aliphatic rings. The lowest BCUT2D eigenvalue weighted by Crippen LogP contribution is -2.35. The van der Waals surface area contributed by atoms with Crippen LogP contribution in [0, 0.1) is 18.8 Å². The lowest BCUT2D eigenvalue weighted by atomic mass is 9.81. The number of halogens is 1. The zero-order chi connectivity index (χ0) is 19.2. The van der Waals surface area contributed by atoms with Gasteiger partial charge in [0.15, 0.2) is 0 Å². The molecule has 0 atom stereocenters. The van der Waals surface area contributed by atoms with Gasteiger partial charge in [0, 0.05) is 29.1 Å². The molecule has 4 nitrogen and oxygen atoms in total. The standard InChI is InChI=1S/C22H25ClN2O2/c1-15-2-12-20(13-3-15)25-22(27)18-8-6-17(7-9-18)21(26)24-14-16-4-10-19(23)11-5-16/h2-5,10-13,17-18H,6-9,14H2,1H3,(H,24,26)(H,25,27). The number of benzene rings is 2. The molecular weight excluding hydrogens is 360 g/mol. The van der Waals surface area contributed by atoms with Crippen LogP contribution in [0.15, 0.2) is 48.5 Å². The van der Waals surface area contributed by atoms with Gasteiger partial charge in [-0.05, 0) is 62.4 Å². The van der Waals surface area contributed by atoms with Crippen molar-refractivity contribution in [2.75, 3.05) is 5.32 Å². The van der Waals surface area contributed by atoms with E-state index in [9.17, 15) is 9.59 Å². The van der Waals surface area contributed by atoms with Crippen molar-refractivity contribution in [3.05, 3.63) is 64.7 Å². The maximum absolute atomic E-state index is 12.4. The smallest absolute Gasteiger partial charge is 0.227 e. The molecule has 0 aliphatic heterocycles. The summed E-state index contributed by atoms with van der Waals surface area (Å²) >= 11 is 5.87. The number of hydrogen-bond donors (Lipinski definition) is 2. The number of carbonyl (C=O) groups is 2. The number of amides is 2. The van der Waals surface area contributed by atoms with Crippen LogP contribution >= 0.6 is 11.6 Å². The predicted molar refractivity (Wildman–Crippen MR) is 109 cm³/mol. The first kappa shape index (κ1) is 19.4. The molecule has 1 aliphatic carbocycles. The molecule has 1 fully saturated rings. The van der Waals surface area contributed by atoms with Gasteiger partial charge in [-0.25, -0.2) is 0 Å². The molecule has 0 bridgehead atoms. The second kappa shape index (κ2) is 9.05. The summed E-state index contributed by atoms with van der Waals surface area (Å²) in [5.74, 6) is 0.0913. The Morgan fingerprint density at radius 3 is 2.04 bits per heavy atom. The van der Waals surface area contributed by atoms with E-state index in [2.05, 4.69) is 10.6 Å². The zero-order valence-electron chi connectivity index (χ0n) is 15.5. The largest absolute Gasteiger partial charge is 0.352 e. The van der Waals surface area contributed by atoms with Crippen LogP contribution in [0.2, 0.25) is 5.02 Å². The molecule has 2 aromatic carbocycles. The molecule has 0 unspecified atom stereocenters. The van der Waals surface area contributed by atoms with E-state index < -0.39 is 0 Å². The molecule has 2 aromatic rings. The van der Waals surface area contributed by atoms with Crippen LogP contribution < -0.4 is 10.6 Å². The number of nitrogens with one attached hydrogen (secondary N) is 2. The highest BCUT2D eigenvalue weighted by atomic mass is 35.5. The Bertz CT molecular complexity index is 779. The molecule has 1 saturated carbocycles. The summed E-state index contributed by atoms with van der Waals surface area (Å²) in [5.41, 5.74) is 3.02. The van der Waals surface area contributed by atoms with Crippen LogP contribution in [0.5, 0.6) is 0 Å². The summed E-state index contributed by atoms with van der Waals surface area (Å²) in [5, 5.41) is 6.67. The van der Waals surface area contributed by atoms with E-state index in [0.29, 0.717) is 11.6 Å². The van der Waals surface area contributed by atoms with Crippen molar-refractivity contribution in [1.82, 2.24) is 5.32 Å². The van der Waals surface area contributed by atoms with Crippen molar-refractivity contribution in [2.24, 2.45) is 11.8 Å². The average molecular weight is 385 g/mol. The Hall–Kier alpha value is -2.33. The number of rotatable bonds is 5. The van der Waals surface area contributed by atoms with Crippen LogP contribution in [-0.2, 0) is 16.1 Å². The van der Waals surface area contributed by atoms with Gasteiger partial charge < -0.3 is 10.6 Å². The van der Waals surface area contributed by atoms with Crippen molar-refractivity contribution in [3.8, 4) is 0 Å². The van der Waals surface area contributed by atoms with E-state index in [1.54, 1.807) is 0 Å². The molecular formula is C22H25ClN2O2. The summed E-state index contributed by atoms with van der Waals surface area (Å²) in [6, 6.07) is 15.3. The van der Waals surface area contributed by atoms with E-state index in [0.717, 1.165) is 42.5 Å². The van der Waals surface area contributed by atoms with Crippen LogP contribution in [0.4, 0.5) is 5.69 Å². The third kappa shape index (κ3) is 5.57. The van der Waals surface area contributed by atoms with E-state index in [-0.39, 0.29) is 23.7 Å². The molecule has 2 N–H and O–H groups in total. The van der Waals surface area contributed by atoms with Gasteiger partial charge >= 0.3 is 0 Å². The van der Waals surface area contributed by atoms with Gasteiger partial charge in [-0.2, -0.15) is 0 Å². The van der Waals surface area contributed by atoms with Crippen LogP contribution in [-0.4, -0.2) is 11.8 Å². The van der Waals surface area contributed by atoms with Crippen LogP contribution in [0.3, 0.4) is 0 Å². The van der Waals surface area contributed by atoms with Crippen molar-refractivity contribution in [1.29, 1.82) is 0 Å². The topological polar surface area (TPSA) is 58.2 Å². The van der Waals surface area contributed by atoms with Gasteiger partial charge in [0.1, 0.15) is 0 Å². The third-order valence-electron chi connectivity index (χ3n) is 5.17. The first-order valence-corrected chi connectivity index (χ1v) is 9.79. The summed E-state index contributed by atoms with van der Waals surface area (Å²) in [4.78, 5) is 24.8. The Labute approximate surface area is 165 Å². The highest BCUT2D eigenvalue weighted by molar-refractivity contribution is 6.30. The molecule has 0 saturated heterocycles. The fraction of sp³-hybridized carbons (Fsp3) is 0.364. The molecule has 0 heterocycles. The lowest BCUT2D eigenvalue weighted by Gasteiger charge is -2.27. The molecule has 0 aromatic heterocycles. The third-order valence-corrected chi connectivity index (χ3v) is 5.42. The number of anilines is 1. The van der Waals surface area contributed by atoms with Crippen LogP contribution in [0.25, 0.3) is 0 Å². The number of hydrogen-bond acceptors (Lipinski definition) is 2. The maximum Gasteiger partial charge on any atom is 0.227 e. The zero-order valence-corrected chi connectivity index (χ0v) is 16.3. The van der Waals surface area contributed by atoms with Gasteiger partial charge in [0.05, 0.1) is 0 Å². The Morgan fingerprint density at radius 2 is 1.44 bits per heavy atom. The average Bonchev–Trinajstić information content (AvgIpc) is 2.69. The van der Waals surface area contributed by atoms with Gasteiger partial charge in [-0.1, -0.05) is 41.4 Å². The summed E-state index contributed by atoms with van der Waals surface area (Å²) in [6.07, 6.45) is 2.99. The maximum atomic E-state index is 12.4. The highest BCUT2D eigenvalue weighted by Crippen LogP contribution is 2.30. The fourth-order valence-electron chi connectivity index (χ4n) is 3.43. The molecule has 27 heavy (non-hydrogen) atoms. The molecule has 3 rings (SSSR count). The van der Waals surface area contributed by atoms with E-state index >= 15 is 0 Å². The van der Waals surface area contributed by atoms with Crippen molar-refractivity contribution < 1.29 is 9.59 Å². The first-order valence-electron chi connectivity index (χ1n) is 9.41. The molecule has 0 radical (unpaired) electrons. The molecule has 2 amide bonds. The summed E-state index contributed by atoms with van der Waals surface area (Å²) in [6.45, 7) is 2.52. The van der Waals surface area contributed by atoms with Crippen molar-refractivity contribution >= 4 is 29.1 Å². The number of aryl methyl sites for hydroxylation is 1. The number of carbonyl (C=O) groups excluding carboxylic acids is 2. The Kier molecular flexibility index (Phi) is 6.51. The van der Waals surface area contributed by atoms with Gasteiger partial charge in [0.25, 0.3) is 0 Å². The highest BCUT2D eigenvalue weighted by Gasteiger charge is 2.29. The minimum Gasteiger partial charge on any atom is -0.352 e. The second-order valence-electron chi connectivity index (χ2n) is 7.25. The van der Waals surface area contributed by atoms with E-state index in [4.69, 9.17) is 11.6 Å².